The number of carbonyl (C=O) groups excluding carboxylic acids is 1. The zero-order valence-corrected chi connectivity index (χ0v) is 12.1. The Morgan fingerprint density at radius 2 is 1.64 bits per heavy atom. The first-order valence-electron chi connectivity index (χ1n) is 7.23. The van der Waals surface area contributed by atoms with Gasteiger partial charge in [-0.05, 0) is 25.1 Å². The zero-order valence-electron chi connectivity index (χ0n) is 12.1. The number of carbonyl (C=O) groups is 1. The van der Waals surface area contributed by atoms with Crippen molar-refractivity contribution in [3.63, 3.8) is 0 Å². The first kappa shape index (κ1) is 12.9. The van der Waals surface area contributed by atoms with Crippen LogP contribution in [0.3, 0.4) is 0 Å². The maximum absolute atomic E-state index is 12.6. The molecular formula is C19H14O3. The second-order valence-electron chi connectivity index (χ2n) is 5.34. The van der Waals surface area contributed by atoms with E-state index in [1.165, 1.54) is 0 Å². The van der Waals surface area contributed by atoms with E-state index in [0.29, 0.717) is 22.8 Å². The molecular weight excluding hydrogens is 276 g/mol. The Balaban J connectivity index is 1.95. The van der Waals surface area contributed by atoms with Gasteiger partial charge in [-0.3, -0.25) is 4.79 Å². The first-order valence-corrected chi connectivity index (χ1v) is 7.23. The van der Waals surface area contributed by atoms with E-state index in [2.05, 4.69) is 0 Å². The highest BCUT2D eigenvalue weighted by Gasteiger charge is 2.30. The number of hydrogen-bond donors (Lipinski definition) is 0. The van der Waals surface area contributed by atoms with Crippen LogP contribution >= 0.6 is 0 Å². The van der Waals surface area contributed by atoms with Crippen LogP contribution < -0.4 is 4.74 Å². The summed E-state index contributed by atoms with van der Waals surface area (Å²) in [6, 6.07) is 19.2. The zero-order chi connectivity index (χ0) is 15.1. The average Bonchev–Trinajstić information content (AvgIpc) is 2.97. The van der Waals surface area contributed by atoms with Crippen LogP contribution in [-0.2, 0) is 0 Å². The van der Waals surface area contributed by atoms with Gasteiger partial charge in [-0.15, -0.1) is 0 Å². The summed E-state index contributed by atoms with van der Waals surface area (Å²) in [4.78, 5) is 12.6. The van der Waals surface area contributed by atoms with E-state index < -0.39 is 6.10 Å². The van der Waals surface area contributed by atoms with Crippen LogP contribution in [0, 0.1) is 0 Å². The molecule has 1 aliphatic rings. The molecule has 0 radical (unpaired) electrons. The molecule has 1 atom stereocenters. The van der Waals surface area contributed by atoms with Crippen LogP contribution in [0.4, 0.5) is 0 Å². The summed E-state index contributed by atoms with van der Waals surface area (Å²) in [6.45, 7) is 1.77. The number of benzene rings is 2. The summed E-state index contributed by atoms with van der Waals surface area (Å²) in [5, 5.41) is 0. The van der Waals surface area contributed by atoms with Crippen molar-refractivity contribution in [3.05, 3.63) is 66.2 Å². The highest BCUT2D eigenvalue weighted by Crippen LogP contribution is 2.40. The number of furan rings is 1. The lowest BCUT2D eigenvalue weighted by Crippen LogP contribution is -2.22. The molecule has 1 unspecified atom stereocenters. The lowest BCUT2D eigenvalue weighted by Gasteiger charge is -2.11. The fraction of sp³-hybridized carbons (Fsp3) is 0.105. The van der Waals surface area contributed by atoms with Gasteiger partial charge in [0.1, 0.15) is 17.3 Å². The molecule has 22 heavy (non-hydrogen) atoms. The normalized spacial score (nSPS) is 16.4. The summed E-state index contributed by atoms with van der Waals surface area (Å²) >= 11 is 0. The maximum Gasteiger partial charge on any atom is 0.206 e. The Kier molecular flexibility index (Phi) is 2.86. The molecule has 0 spiro atoms. The van der Waals surface area contributed by atoms with Crippen molar-refractivity contribution in [1.82, 2.24) is 0 Å². The third kappa shape index (κ3) is 1.94. The van der Waals surface area contributed by atoms with Crippen LogP contribution in [0.25, 0.3) is 22.6 Å². The van der Waals surface area contributed by atoms with Crippen LogP contribution in [0.1, 0.15) is 17.3 Å². The van der Waals surface area contributed by atoms with Gasteiger partial charge in [0.05, 0.1) is 11.1 Å². The molecule has 3 heteroatoms. The van der Waals surface area contributed by atoms with Crippen LogP contribution in [-0.4, -0.2) is 11.9 Å². The molecule has 3 nitrogen and oxygen atoms in total. The topological polar surface area (TPSA) is 39.4 Å². The van der Waals surface area contributed by atoms with Crippen molar-refractivity contribution in [2.75, 3.05) is 0 Å². The number of para-hydroxylation sites is 1. The first-order chi connectivity index (χ1) is 10.7. The fourth-order valence-corrected chi connectivity index (χ4v) is 2.74. The Morgan fingerprint density at radius 3 is 2.45 bits per heavy atom. The maximum atomic E-state index is 12.6. The predicted octanol–water partition coefficient (Wildman–Crippen LogP) is 4.58. The molecule has 0 fully saturated rings. The van der Waals surface area contributed by atoms with Crippen LogP contribution in [0.2, 0.25) is 0 Å². The molecule has 2 aromatic carbocycles. The molecule has 0 aliphatic carbocycles. The number of hydrogen-bond acceptors (Lipinski definition) is 3. The minimum atomic E-state index is -0.524. The Labute approximate surface area is 128 Å². The summed E-state index contributed by atoms with van der Waals surface area (Å²) in [5.41, 5.74) is 2.35. The van der Waals surface area contributed by atoms with Crippen molar-refractivity contribution in [2.24, 2.45) is 0 Å². The van der Waals surface area contributed by atoms with Gasteiger partial charge in [-0.1, -0.05) is 42.5 Å². The van der Waals surface area contributed by atoms with Gasteiger partial charge >= 0.3 is 0 Å². The van der Waals surface area contributed by atoms with E-state index in [4.69, 9.17) is 9.15 Å². The number of fused-ring (bicyclic) bond motifs is 3. The Morgan fingerprint density at radius 1 is 0.909 bits per heavy atom. The SMILES string of the molecule is CC1Oc2ccccc2-c2oc(-c3ccccc3)cc2C1=O. The monoisotopic (exact) mass is 290 g/mol. The smallest absolute Gasteiger partial charge is 0.206 e. The van der Waals surface area contributed by atoms with Gasteiger partial charge in [0.25, 0.3) is 0 Å². The standard InChI is InChI=1S/C19H14O3/c1-12-18(20)15-11-17(13-7-3-2-4-8-13)22-19(15)14-9-5-6-10-16(14)21-12/h2-12H,1H3. The number of rotatable bonds is 1. The molecule has 2 heterocycles. The van der Waals surface area contributed by atoms with E-state index in [1.807, 2.05) is 60.7 Å². The largest absolute Gasteiger partial charge is 0.482 e. The third-order valence-corrected chi connectivity index (χ3v) is 3.86. The Hall–Kier alpha value is -2.81. The van der Waals surface area contributed by atoms with E-state index in [0.717, 1.165) is 11.1 Å². The lowest BCUT2D eigenvalue weighted by molar-refractivity contribution is 0.0824. The molecule has 108 valence electrons. The van der Waals surface area contributed by atoms with Crippen molar-refractivity contribution in [3.8, 4) is 28.4 Å². The van der Waals surface area contributed by atoms with Crippen molar-refractivity contribution in [2.45, 2.75) is 13.0 Å². The molecule has 0 saturated carbocycles. The molecule has 1 aliphatic heterocycles. The predicted molar refractivity (Wildman–Crippen MR) is 84.0 cm³/mol. The van der Waals surface area contributed by atoms with E-state index >= 15 is 0 Å². The van der Waals surface area contributed by atoms with Gasteiger partial charge < -0.3 is 9.15 Å². The highest BCUT2D eigenvalue weighted by molar-refractivity contribution is 6.06. The minimum Gasteiger partial charge on any atom is -0.482 e. The molecule has 3 aromatic rings. The van der Waals surface area contributed by atoms with E-state index in [-0.39, 0.29) is 5.78 Å². The van der Waals surface area contributed by atoms with Crippen LogP contribution in [0.5, 0.6) is 5.75 Å². The summed E-state index contributed by atoms with van der Waals surface area (Å²) in [6.07, 6.45) is -0.524. The Bertz CT molecular complexity index is 846. The molecule has 0 amide bonds. The quantitative estimate of drug-likeness (QED) is 0.658. The van der Waals surface area contributed by atoms with Gasteiger partial charge in [0, 0.05) is 5.56 Å². The summed E-state index contributed by atoms with van der Waals surface area (Å²) in [5.74, 6) is 1.90. The second-order valence-corrected chi connectivity index (χ2v) is 5.34. The van der Waals surface area contributed by atoms with E-state index in [9.17, 15) is 4.79 Å². The van der Waals surface area contributed by atoms with Gasteiger partial charge in [-0.2, -0.15) is 0 Å². The second kappa shape index (κ2) is 4.88. The minimum absolute atomic E-state index is 0.0582. The van der Waals surface area contributed by atoms with Crippen molar-refractivity contribution < 1.29 is 13.9 Å². The molecule has 0 N–H and O–H groups in total. The molecule has 0 saturated heterocycles. The molecule has 0 bridgehead atoms. The summed E-state index contributed by atoms with van der Waals surface area (Å²) in [7, 11) is 0. The summed E-state index contributed by atoms with van der Waals surface area (Å²) < 4.78 is 11.8. The van der Waals surface area contributed by atoms with Crippen molar-refractivity contribution >= 4 is 5.78 Å². The van der Waals surface area contributed by atoms with E-state index in [1.54, 1.807) is 6.92 Å². The van der Waals surface area contributed by atoms with Gasteiger partial charge in [0.15, 0.2) is 6.10 Å². The number of ether oxygens (including phenoxy) is 1. The lowest BCUT2D eigenvalue weighted by atomic mass is 10.0. The van der Waals surface area contributed by atoms with Crippen LogP contribution in [0.15, 0.2) is 65.1 Å². The highest BCUT2D eigenvalue weighted by atomic mass is 16.5. The fourth-order valence-electron chi connectivity index (χ4n) is 2.74. The average molecular weight is 290 g/mol. The molecule has 4 rings (SSSR count). The van der Waals surface area contributed by atoms with Crippen molar-refractivity contribution in [1.29, 1.82) is 0 Å². The van der Waals surface area contributed by atoms with Gasteiger partial charge in [0.2, 0.25) is 5.78 Å². The molecule has 1 aromatic heterocycles. The number of Topliss-reactive ketones (excluding diaryl/α,β-unsaturated/α-hetero) is 1. The van der Waals surface area contributed by atoms with Gasteiger partial charge in [-0.25, -0.2) is 0 Å². The number of ketones is 1. The third-order valence-electron chi connectivity index (χ3n) is 3.86.